The molecule has 0 radical (unpaired) electrons. The van der Waals surface area contributed by atoms with Gasteiger partial charge in [-0.05, 0) is 37.8 Å². The molecular formula is C18H25NO4. The second-order valence-electron chi connectivity index (χ2n) is 5.85. The Morgan fingerprint density at radius 3 is 2.65 bits per heavy atom. The topological polar surface area (TPSA) is 64.6 Å². The van der Waals surface area contributed by atoms with Crippen LogP contribution in [0.25, 0.3) is 0 Å². The van der Waals surface area contributed by atoms with Gasteiger partial charge in [0, 0.05) is 11.8 Å². The molecule has 1 aromatic carbocycles. The van der Waals surface area contributed by atoms with E-state index in [4.69, 9.17) is 9.47 Å². The van der Waals surface area contributed by atoms with Crippen LogP contribution in [0.1, 0.15) is 39.0 Å². The van der Waals surface area contributed by atoms with E-state index in [0.29, 0.717) is 11.4 Å². The summed E-state index contributed by atoms with van der Waals surface area (Å²) in [7, 11) is 1.57. The number of hydrogen-bond acceptors (Lipinski definition) is 4. The minimum atomic E-state index is -0.735. The highest BCUT2D eigenvalue weighted by molar-refractivity contribution is 6.05. The van der Waals surface area contributed by atoms with Gasteiger partial charge in [-0.25, -0.2) is 0 Å². The number of nitrogens with one attached hydrogen (secondary N) is 1. The van der Waals surface area contributed by atoms with Gasteiger partial charge in [0.25, 0.3) is 0 Å². The number of benzene rings is 1. The molecule has 1 aliphatic carbocycles. The summed E-state index contributed by atoms with van der Waals surface area (Å²) >= 11 is 0. The number of esters is 1. The third-order valence-corrected chi connectivity index (χ3v) is 4.28. The Morgan fingerprint density at radius 1 is 1.26 bits per heavy atom. The van der Waals surface area contributed by atoms with E-state index in [1.54, 1.807) is 38.3 Å². The molecule has 0 heterocycles. The first kappa shape index (κ1) is 17.3. The van der Waals surface area contributed by atoms with E-state index in [1.807, 2.05) is 0 Å². The van der Waals surface area contributed by atoms with Crippen molar-refractivity contribution < 1.29 is 19.1 Å². The van der Waals surface area contributed by atoms with Crippen molar-refractivity contribution in [3.05, 3.63) is 24.3 Å². The lowest BCUT2D eigenvalue weighted by Gasteiger charge is -2.27. The molecule has 1 amide bonds. The Balaban J connectivity index is 2.12. The third-order valence-electron chi connectivity index (χ3n) is 4.28. The molecule has 2 rings (SSSR count). The number of carbonyl (C=O) groups excluding carboxylic acids is 2. The summed E-state index contributed by atoms with van der Waals surface area (Å²) < 4.78 is 10.3. The number of amides is 1. The first-order valence-corrected chi connectivity index (χ1v) is 8.27. The number of carbonyl (C=O) groups is 2. The molecule has 1 N–H and O–H groups in total. The molecule has 1 aliphatic rings. The third kappa shape index (κ3) is 4.71. The molecule has 0 unspecified atom stereocenters. The average Bonchev–Trinajstić information content (AvgIpc) is 2.56. The summed E-state index contributed by atoms with van der Waals surface area (Å²) in [6.07, 6.45) is 5.09. The van der Waals surface area contributed by atoms with Crippen molar-refractivity contribution in [3.8, 4) is 5.75 Å². The van der Waals surface area contributed by atoms with E-state index >= 15 is 0 Å². The Hall–Kier alpha value is -2.04. The normalized spacial score (nSPS) is 16.4. The number of anilines is 1. The molecule has 23 heavy (non-hydrogen) atoms. The van der Waals surface area contributed by atoms with Crippen LogP contribution in [0.2, 0.25) is 0 Å². The van der Waals surface area contributed by atoms with Crippen molar-refractivity contribution in [2.45, 2.75) is 39.0 Å². The molecule has 0 aromatic heterocycles. The second-order valence-corrected chi connectivity index (χ2v) is 5.85. The molecule has 126 valence electrons. The lowest BCUT2D eigenvalue weighted by molar-refractivity contribution is -0.153. The smallest absolute Gasteiger partial charge is 0.318 e. The molecule has 1 aromatic rings. The highest BCUT2D eigenvalue weighted by Gasteiger charge is 2.36. The molecule has 0 spiro atoms. The fraction of sp³-hybridized carbons (Fsp3) is 0.556. The number of methoxy groups -OCH3 is 1. The van der Waals surface area contributed by atoms with Crippen molar-refractivity contribution in [2.24, 2.45) is 11.8 Å². The van der Waals surface area contributed by atoms with Gasteiger partial charge in [0.05, 0.1) is 13.7 Å². The van der Waals surface area contributed by atoms with Gasteiger partial charge in [-0.1, -0.05) is 25.3 Å². The summed E-state index contributed by atoms with van der Waals surface area (Å²) in [5.74, 6) is -0.716. The molecule has 5 heteroatoms. The molecule has 0 saturated heterocycles. The zero-order valence-electron chi connectivity index (χ0n) is 13.8. The first-order chi connectivity index (χ1) is 11.2. The molecule has 1 saturated carbocycles. The Bertz CT molecular complexity index is 538. The predicted molar refractivity (Wildman–Crippen MR) is 88.3 cm³/mol. The summed E-state index contributed by atoms with van der Waals surface area (Å²) in [5.41, 5.74) is 0.624. The molecule has 1 fully saturated rings. The van der Waals surface area contributed by atoms with Crippen LogP contribution in [0.3, 0.4) is 0 Å². The van der Waals surface area contributed by atoms with Gasteiger partial charge in [-0.15, -0.1) is 0 Å². The van der Waals surface area contributed by atoms with E-state index in [1.165, 1.54) is 6.42 Å². The lowest BCUT2D eigenvalue weighted by Crippen LogP contribution is -2.37. The fourth-order valence-electron chi connectivity index (χ4n) is 3.13. The van der Waals surface area contributed by atoms with Crippen LogP contribution in [0.15, 0.2) is 24.3 Å². The van der Waals surface area contributed by atoms with Crippen molar-refractivity contribution in [3.63, 3.8) is 0 Å². The van der Waals surface area contributed by atoms with Crippen LogP contribution in [0.5, 0.6) is 5.75 Å². The molecule has 0 aliphatic heterocycles. The van der Waals surface area contributed by atoms with Gasteiger partial charge in [0.2, 0.25) is 5.91 Å². The van der Waals surface area contributed by atoms with Crippen LogP contribution < -0.4 is 10.1 Å². The minimum Gasteiger partial charge on any atom is -0.497 e. The second kappa shape index (κ2) is 8.56. The summed E-state index contributed by atoms with van der Waals surface area (Å²) in [4.78, 5) is 25.0. The summed E-state index contributed by atoms with van der Waals surface area (Å²) in [5, 5.41) is 2.83. The number of hydrogen-bond donors (Lipinski definition) is 1. The maximum Gasteiger partial charge on any atom is 0.318 e. The maximum atomic E-state index is 12.7. The van der Waals surface area contributed by atoms with Crippen molar-refractivity contribution in [2.75, 3.05) is 19.0 Å². The SMILES string of the molecule is CCOC(=O)[C@H](C(=O)Nc1cccc(OC)c1)C1CCCCC1. The maximum absolute atomic E-state index is 12.7. The Kier molecular flexibility index (Phi) is 6.44. The molecule has 5 nitrogen and oxygen atoms in total. The zero-order valence-corrected chi connectivity index (χ0v) is 13.8. The summed E-state index contributed by atoms with van der Waals surface area (Å²) in [6, 6.07) is 7.12. The fourth-order valence-corrected chi connectivity index (χ4v) is 3.13. The standard InChI is InChI=1S/C18H25NO4/c1-3-23-18(21)16(13-8-5-4-6-9-13)17(20)19-14-10-7-11-15(12-14)22-2/h7,10-13,16H,3-6,8-9H2,1-2H3,(H,19,20)/t16-/m0/s1. The highest BCUT2D eigenvalue weighted by Crippen LogP contribution is 2.32. The first-order valence-electron chi connectivity index (χ1n) is 8.27. The lowest BCUT2D eigenvalue weighted by atomic mass is 9.79. The molecule has 1 atom stereocenters. The number of ether oxygens (including phenoxy) is 2. The van der Waals surface area contributed by atoms with Crippen LogP contribution >= 0.6 is 0 Å². The summed E-state index contributed by atoms with van der Waals surface area (Å²) in [6.45, 7) is 2.05. The van der Waals surface area contributed by atoms with Gasteiger partial charge < -0.3 is 14.8 Å². The van der Waals surface area contributed by atoms with Gasteiger partial charge in [-0.3, -0.25) is 9.59 Å². The molecule has 0 bridgehead atoms. The van der Waals surface area contributed by atoms with Crippen molar-refractivity contribution >= 4 is 17.6 Å². The van der Waals surface area contributed by atoms with Crippen LogP contribution in [0.4, 0.5) is 5.69 Å². The van der Waals surface area contributed by atoms with Crippen molar-refractivity contribution in [1.82, 2.24) is 0 Å². The van der Waals surface area contributed by atoms with Gasteiger partial charge in [-0.2, -0.15) is 0 Å². The van der Waals surface area contributed by atoms with Gasteiger partial charge in [0.1, 0.15) is 11.7 Å². The molecular weight excluding hydrogens is 294 g/mol. The van der Waals surface area contributed by atoms with E-state index in [0.717, 1.165) is 25.7 Å². The number of rotatable bonds is 6. The Labute approximate surface area is 137 Å². The van der Waals surface area contributed by atoms with Gasteiger partial charge >= 0.3 is 5.97 Å². The monoisotopic (exact) mass is 319 g/mol. The zero-order chi connectivity index (χ0) is 16.7. The van der Waals surface area contributed by atoms with E-state index in [9.17, 15) is 9.59 Å². The van der Waals surface area contributed by atoms with Crippen LogP contribution in [-0.4, -0.2) is 25.6 Å². The predicted octanol–water partition coefficient (Wildman–Crippen LogP) is 3.39. The van der Waals surface area contributed by atoms with E-state index < -0.39 is 11.9 Å². The minimum absolute atomic E-state index is 0.0633. The Morgan fingerprint density at radius 2 is 2.00 bits per heavy atom. The van der Waals surface area contributed by atoms with Crippen LogP contribution in [-0.2, 0) is 14.3 Å². The highest BCUT2D eigenvalue weighted by atomic mass is 16.5. The van der Waals surface area contributed by atoms with E-state index in [-0.39, 0.29) is 18.4 Å². The average molecular weight is 319 g/mol. The van der Waals surface area contributed by atoms with E-state index in [2.05, 4.69) is 5.32 Å². The van der Waals surface area contributed by atoms with Crippen LogP contribution in [0, 0.1) is 11.8 Å². The quantitative estimate of drug-likeness (QED) is 0.645. The van der Waals surface area contributed by atoms with Crippen molar-refractivity contribution in [1.29, 1.82) is 0 Å². The largest absolute Gasteiger partial charge is 0.497 e. The van der Waals surface area contributed by atoms with Gasteiger partial charge in [0.15, 0.2) is 0 Å².